The zero-order valence-corrected chi connectivity index (χ0v) is 11.1. The average Bonchev–Trinajstić information content (AvgIpc) is 2.54. The fourth-order valence-corrected chi connectivity index (χ4v) is 2.68. The second-order valence-electron chi connectivity index (χ2n) is 4.21. The maximum absolute atomic E-state index is 2.39. The lowest BCUT2D eigenvalue weighted by molar-refractivity contribution is 0.219. The molecule has 0 spiro atoms. The molecule has 1 aliphatic heterocycles. The summed E-state index contributed by atoms with van der Waals surface area (Å²) in [6, 6.07) is 0. The average molecular weight is 228 g/mol. The number of rotatable bonds is 7. The van der Waals surface area contributed by atoms with Gasteiger partial charge >= 0.3 is 0 Å². The lowest BCUT2D eigenvalue weighted by Crippen LogP contribution is -2.33. The molecule has 3 heteroatoms. The second kappa shape index (κ2) is 7.04. The monoisotopic (exact) mass is 228 g/mol. The van der Waals surface area contributed by atoms with E-state index in [0.29, 0.717) is 6.17 Å². The summed E-state index contributed by atoms with van der Waals surface area (Å²) in [7, 11) is 2.13. The predicted octanol–water partition coefficient (Wildman–Crippen LogP) is 3.32. The smallest absolute Gasteiger partial charge is 0.0982 e. The van der Waals surface area contributed by atoms with Crippen LogP contribution in [0.3, 0.4) is 0 Å². The molecule has 1 rings (SSSR count). The molecule has 1 aliphatic rings. The largest absolute Gasteiger partial charge is 0.359 e. The van der Waals surface area contributed by atoms with Crippen LogP contribution in [-0.2, 0) is 0 Å². The highest BCUT2D eigenvalue weighted by Gasteiger charge is 2.17. The molecule has 0 bridgehead atoms. The van der Waals surface area contributed by atoms with Crippen molar-refractivity contribution in [2.45, 2.75) is 45.7 Å². The Morgan fingerprint density at radius 3 is 2.60 bits per heavy atom. The maximum atomic E-state index is 2.39. The Morgan fingerprint density at radius 2 is 2.00 bits per heavy atom. The predicted molar refractivity (Wildman–Crippen MR) is 69.7 cm³/mol. The van der Waals surface area contributed by atoms with Gasteiger partial charge in [0.05, 0.1) is 12.0 Å². The van der Waals surface area contributed by atoms with Crippen LogP contribution in [0.15, 0.2) is 12.4 Å². The van der Waals surface area contributed by atoms with Crippen molar-refractivity contribution >= 4 is 11.8 Å². The molecule has 0 amide bonds. The molecule has 1 atom stereocenters. The first-order chi connectivity index (χ1) is 7.25. The maximum Gasteiger partial charge on any atom is 0.0982 e. The van der Waals surface area contributed by atoms with Gasteiger partial charge in [0.15, 0.2) is 0 Å². The van der Waals surface area contributed by atoms with E-state index in [1.807, 2.05) is 0 Å². The van der Waals surface area contributed by atoms with Crippen LogP contribution >= 0.6 is 11.8 Å². The molecule has 0 N–H and O–H groups in total. The Kier molecular flexibility index (Phi) is 5.99. The third-order valence-electron chi connectivity index (χ3n) is 2.95. The summed E-state index contributed by atoms with van der Waals surface area (Å²) in [6.07, 6.45) is 10.4. The van der Waals surface area contributed by atoms with Crippen LogP contribution in [0.2, 0.25) is 0 Å². The van der Waals surface area contributed by atoms with Gasteiger partial charge in [-0.15, -0.1) is 11.8 Å². The van der Waals surface area contributed by atoms with E-state index >= 15 is 0 Å². The van der Waals surface area contributed by atoms with Gasteiger partial charge in [-0.05, 0) is 19.1 Å². The molecule has 0 saturated heterocycles. The summed E-state index contributed by atoms with van der Waals surface area (Å²) in [6.45, 7) is 4.51. The summed E-state index contributed by atoms with van der Waals surface area (Å²) in [5.74, 6) is 2.44. The van der Waals surface area contributed by atoms with Crippen molar-refractivity contribution in [3.63, 3.8) is 0 Å². The zero-order valence-electron chi connectivity index (χ0n) is 10.3. The molecular weight excluding hydrogens is 204 g/mol. The zero-order chi connectivity index (χ0) is 11.1. The van der Waals surface area contributed by atoms with Gasteiger partial charge in [-0.1, -0.05) is 26.2 Å². The van der Waals surface area contributed by atoms with E-state index in [0.717, 1.165) is 5.88 Å². The van der Waals surface area contributed by atoms with Crippen molar-refractivity contribution in [1.82, 2.24) is 9.80 Å². The molecule has 0 aliphatic carbocycles. The van der Waals surface area contributed by atoms with Gasteiger partial charge in [0.25, 0.3) is 0 Å². The topological polar surface area (TPSA) is 6.48 Å². The molecular formula is C12H24N2S. The molecule has 0 radical (unpaired) electrons. The summed E-state index contributed by atoms with van der Waals surface area (Å²) >= 11 is 2.05. The van der Waals surface area contributed by atoms with Gasteiger partial charge in [-0.3, -0.25) is 0 Å². The Hall–Kier alpha value is -0.310. The first kappa shape index (κ1) is 12.8. The van der Waals surface area contributed by atoms with Gasteiger partial charge in [-0.2, -0.15) is 0 Å². The van der Waals surface area contributed by atoms with E-state index in [-0.39, 0.29) is 0 Å². The van der Waals surface area contributed by atoms with Crippen LogP contribution < -0.4 is 0 Å². The highest BCUT2D eigenvalue weighted by Crippen LogP contribution is 2.17. The Labute approximate surface area is 98.7 Å². The van der Waals surface area contributed by atoms with Crippen molar-refractivity contribution in [2.24, 2.45) is 0 Å². The van der Waals surface area contributed by atoms with E-state index in [4.69, 9.17) is 0 Å². The van der Waals surface area contributed by atoms with Crippen LogP contribution in [0.5, 0.6) is 0 Å². The summed E-state index contributed by atoms with van der Waals surface area (Å²) in [5.41, 5.74) is 0. The minimum atomic E-state index is 0.535. The second-order valence-corrected chi connectivity index (χ2v) is 5.28. The number of unbranched alkanes of at least 4 members (excludes halogenated alkanes) is 3. The quantitative estimate of drug-likeness (QED) is 0.617. The van der Waals surface area contributed by atoms with Gasteiger partial charge in [0.1, 0.15) is 0 Å². The Morgan fingerprint density at radius 1 is 1.20 bits per heavy atom. The van der Waals surface area contributed by atoms with Crippen molar-refractivity contribution in [3.8, 4) is 0 Å². The van der Waals surface area contributed by atoms with Crippen LogP contribution in [0.25, 0.3) is 0 Å². The van der Waals surface area contributed by atoms with Gasteiger partial charge in [0, 0.05) is 19.4 Å². The van der Waals surface area contributed by atoms with E-state index in [2.05, 4.69) is 54.9 Å². The number of nitrogens with zero attached hydrogens (tertiary/aromatic N) is 2. The van der Waals surface area contributed by atoms with Crippen LogP contribution in [-0.4, -0.2) is 34.6 Å². The van der Waals surface area contributed by atoms with Crippen molar-refractivity contribution < 1.29 is 0 Å². The minimum absolute atomic E-state index is 0.535. The third kappa shape index (κ3) is 4.37. The molecule has 88 valence electrons. The van der Waals surface area contributed by atoms with Gasteiger partial charge < -0.3 is 9.80 Å². The first-order valence-electron chi connectivity index (χ1n) is 5.99. The van der Waals surface area contributed by atoms with Gasteiger partial charge in [-0.25, -0.2) is 0 Å². The molecule has 1 unspecified atom stereocenters. The summed E-state index contributed by atoms with van der Waals surface area (Å²) < 4.78 is 0. The standard InChI is InChI=1S/C12H24N2S/c1-4-5-6-7-10-15-11-14-9-8-13(3)12(14)2/h8-9,12H,4-7,10-11H2,1-3H3. The van der Waals surface area contributed by atoms with E-state index in [1.54, 1.807) is 0 Å². The molecule has 1 heterocycles. The number of thioether (sulfide) groups is 1. The van der Waals surface area contributed by atoms with E-state index in [9.17, 15) is 0 Å². The lowest BCUT2D eigenvalue weighted by atomic mass is 10.2. The molecule has 0 fully saturated rings. The summed E-state index contributed by atoms with van der Waals surface area (Å²) in [4.78, 5) is 4.64. The number of hydrogen-bond acceptors (Lipinski definition) is 3. The van der Waals surface area contributed by atoms with Crippen LogP contribution in [0, 0.1) is 0 Å². The Balaban J connectivity index is 1.99. The fourth-order valence-electron chi connectivity index (χ4n) is 1.63. The molecule has 0 aromatic rings. The lowest BCUT2D eigenvalue weighted by Gasteiger charge is -2.26. The van der Waals surface area contributed by atoms with E-state index < -0.39 is 0 Å². The van der Waals surface area contributed by atoms with Crippen molar-refractivity contribution in [3.05, 3.63) is 12.4 Å². The fraction of sp³-hybridized carbons (Fsp3) is 0.833. The number of hydrogen-bond donors (Lipinski definition) is 0. The normalized spacial score (nSPS) is 20.3. The minimum Gasteiger partial charge on any atom is -0.359 e. The van der Waals surface area contributed by atoms with Crippen LogP contribution in [0.1, 0.15) is 39.5 Å². The highest BCUT2D eigenvalue weighted by molar-refractivity contribution is 7.99. The molecule has 0 saturated carbocycles. The van der Waals surface area contributed by atoms with Gasteiger partial charge in [0.2, 0.25) is 0 Å². The SMILES string of the molecule is CCCCCCSCN1C=CN(C)C1C. The summed E-state index contributed by atoms with van der Waals surface area (Å²) in [5, 5.41) is 0. The van der Waals surface area contributed by atoms with Crippen molar-refractivity contribution in [2.75, 3.05) is 18.7 Å². The van der Waals surface area contributed by atoms with E-state index in [1.165, 1.54) is 31.4 Å². The van der Waals surface area contributed by atoms with Crippen LogP contribution in [0.4, 0.5) is 0 Å². The Bertz CT molecular complexity index is 194. The molecule has 2 nitrogen and oxygen atoms in total. The van der Waals surface area contributed by atoms with Crippen molar-refractivity contribution in [1.29, 1.82) is 0 Å². The first-order valence-corrected chi connectivity index (χ1v) is 7.15. The molecule has 15 heavy (non-hydrogen) atoms. The highest BCUT2D eigenvalue weighted by atomic mass is 32.2. The molecule has 0 aromatic carbocycles. The molecule has 0 aromatic heterocycles. The third-order valence-corrected chi connectivity index (χ3v) is 4.00.